The van der Waals surface area contributed by atoms with Gasteiger partial charge >= 0.3 is 0 Å². The normalized spacial score (nSPS) is 25.5. The third kappa shape index (κ3) is 3.80. The maximum atomic E-state index is 12.7. The molecule has 0 N–H and O–H groups in total. The van der Waals surface area contributed by atoms with Gasteiger partial charge in [-0.05, 0) is 62.3 Å². The number of hydrogen-bond donors (Lipinski definition) is 0. The van der Waals surface area contributed by atoms with E-state index in [4.69, 9.17) is 9.47 Å². The monoisotopic (exact) mass is 375 g/mol. The van der Waals surface area contributed by atoms with Crippen LogP contribution in [0, 0.1) is 19.8 Å². The highest BCUT2D eigenvalue weighted by atomic mass is 32.2. The number of rotatable bonds is 4. The zero-order valence-corrected chi connectivity index (χ0v) is 16.6. The first-order valence-corrected chi connectivity index (χ1v) is 10.7. The Morgan fingerprint density at radius 2 is 2.04 bits per heavy atom. The lowest BCUT2D eigenvalue weighted by atomic mass is 9.91. The molecular formula is C21H29NO3S. The van der Waals surface area contributed by atoms with E-state index in [9.17, 15) is 4.79 Å². The molecule has 3 heterocycles. The Morgan fingerprint density at radius 1 is 1.27 bits per heavy atom. The first-order chi connectivity index (χ1) is 12.5. The van der Waals surface area contributed by atoms with Crippen LogP contribution in [-0.2, 0) is 9.47 Å². The number of benzene rings is 1. The van der Waals surface area contributed by atoms with Crippen LogP contribution < -0.4 is 0 Å². The summed E-state index contributed by atoms with van der Waals surface area (Å²) >= 11 is 2.00. The molecule has 0 aliphatic carbocycles. The second-order valence-corrected chi connectivity index (χ2v) is 9.66. The molecule has 3 aliphatic heterocycles. The molecule has 1 aromatic carbocycles. The summed E-state index contributed by atoms with van der Waals surface area (Å²) in [6.07, 6.45) is 3.69. The van der Waals surface area contributed by atoms with Gasteiger partial charge in [0, 0.05) is 44.2 Å². The minimum Gasteiger partial charge on any atom is -0.381 e. The standard InChI is InChI=1S/C21H29NO3S/c1-15-3-4-18(9-16(15)2)20(23)22-13-21(14-22)10-19(12-26-21)25-11-17-5-7-24-8-6-17/h3-4,9,17,19H,5-8,10-14H2,1-2H3. The van der Waals surface area contributed by atoms with Gasteiger partial charge in [0.15, 0.2) is 0 Å². The van der Waals surface area contributed by atoms with E-state index in [0.717, 1.165) is 63.5 Å². The average Bonchev–Trinajstić information content (AvgIpc) is 3.06. The van der Waals surface area contributed by atoms with Crippen molar-refractivity contribution in [2.45, 2.75) is 44.0 Å². The van der Waals surface area contributed by atoms with Crippen molar-refractivity contribution in [2.75, 3.05) is 38.7 Å². The fraction of sp³-hybridized carbons (Fsp3) is 0.667. The molecule has 0 radical (unpaired) electrons. The van der Waals surface area contributed by atoms with Gasteiger partial charge in [0.1, 0.15) is 0 Å². The van der Waals surface area contributed by atoms with E-state index in [1.165, 1.54) is 11.1 Å². The zero-order chi connectivity index (χ0) is 18.1. The van der Waals surface area contributed by atoms with Gasteiger partial charge in [0.2, 0.25) is 0 Å². The highest BCUT2D eigenvalue weighted by Gasteiger charge is 2.51. The number of likely N-dealkylation sites (tertiary alicyclic amines) is 1. The number of thioether (sulfide) groups is 1. The van der Waals surface area contributed by atoms with Gasteiger partial charge in [-0.25, -0.2) is 0 Å². The van der Waals surface area contributed by atoms with Crippen LogP contribution in [0.5, 0.6) is 0 Å². The van der Waals surface area contributed by atoms with Crippen LogP contribution in [0.4, 0.5) is 0 Å². The fourth-order valence-electron chi connectivity index (χ4n) is 4.17. The first kappa shape index (κ1) is 18.3. The Kier molecular flexibility index (Phi) is 5.31. The number of nitrogens with zero attached hydrogens (tertiary/aromatic N) is 1. The SMILES string of the molecule is Cc1ccc(C(=O)N2CC3(CC(OCC4CCOCC4)CS3)C2)cc1C. The molecule has 1 aromatic rings. The second-order valence-electron chi connectivity index (χ2n) is 8.17. The topological polar surface area (TPSA) is 38.8 Å². The fourth-order valence-corrected chi connectivity index (χ4v) is 5.72. The molecule has 3 aliphatic rings. The van der Waals surface area contributed by atoms with Gasteiger partial charge < -0.3 is 14.4 Å². The van der Waals surface area contributed by atoms with Crippen LogP contribution >= 0.6 is 11.8 Å². The number of aryl methyl sites for hydroxylation is 2. The average molecular weight is 376 g/mol. The number of amides is 1. The van der Waals surface area contributed by atoms with Crippen LogP contribution in [0.25, 0.3) is 0 Å². The third-order valence-electron chi connectivity index (χ3n) is 6.08. The van der Waals surface area contributed by atoms with Crippen LogP contribution in [0.1, 0.15) is 40.7 Å². The number of hydrogen-bond acceptors (Lipinski definition) is 4. The summed E-state index contributed by atoms with van der Waals surface area (Å²) in [5, 5.41) is 0. The lowest BCUT2D eigenvalue weighted by Gasteiger charge is -2.47. The summed E-state index contributed by atoms with van der Waals surface area (Å²) in [5.74, 6) is 1.90. The van der Waals surface area contributed by atoms with E-state index in [1.807, 2.05) is 34.9 Å². The summed E-state index contributed by atoms with van der Waals surface area (Å²) in [6.45, 7) is 8.51. The molecule has 26 heavy (non-hydrogen) atoms. The van der Waals surface area contributed by atoms with E-state index < -0.39 is 0 Å². The molecule has 0 bridgehead atoms. The minimum absolute atomic E-state index is 0.172. The largest absolute Gasteiger partial charge is 0.381 e. The molecule has 1 spiro atoms. The van der Waals surface area contributed by atoms with E-state index in [1.54, 1.807) is 0 Å². The molecular weight excluding hydrogens is 346 g/mol. The van der Waals surface area contributed by atoms with Gasteiger partial charge in [0.25, 0.3) is 5.91 Å². The molecule has 1 unspecified atom stereocenters. The molecule has 4 nitrogen and oxygen atoms in total. The molecule has 5 heteroatoms. The molecule has 1 atom stereocenters. The smallest absolute Gasteiger partial charge is 0.253 e. The Balaban J connectivity index is 1.26. The maximum absolute atomic E-state index is 12.7. The summed E-state index contributed by atoms with van der Waals surface area (Å²) in [7, 11) is 0. The lowest BCUT2D eigenvalue weighted by Crippen LogP contribution is -2.60. The van der Waals surface area contributed by atoms with Crippen LogP contribution in [0.15, 0.2) is 18.2 Å². The van der Waals surface area contributed by atoms with Crippen molar-refractivity contribution < 1.29 is 14.3 Å². The third-order valence-corrected chi connectivity index (χ3v) is 7.66. The number of ether oxygens (including phenoxy) is 2. The maximum Gasteiger partial charge on any atom is 0.253 e. The predicted molar refractivity (Wildman–Crippen MR) is 105 cm³/mol. The number of carbonyl (C=O) groups is 1. The van der Waals surface area contributed by atoms with Gasteiger partial charge in [0.05, 0.1) is 10.9 Å². The van der Waals surface area contributed by atoms with E-state index in [0.29, 0.717) is 12.0 Å². The van der Waals surface area contributed by atoms with Crippen LogP contribution in [-0.4, -0.2) is 60.3 Å². The van der Waals surface area contributed by atoms with Crippen molar-refractivity contribution in [1.82, 2.24) is 4.90 Å². The van der Waals surface area contributed by atoms with Crippen LogP contribution in [0.3, 0.4) is 0 Å². The quantitative estimate of drug-likeness (QED) is 0.808. The summed E-state index contributed by atoms with van der Waals surface area (Å²) in [6, 6.07) is 6.02. The summed E-state index contributed by atoms with van der Waals surface area (Å²) in [5.41, 5.74) is 3.23. The molecule has 0 saturated carbocycles. The second kappa shape index (κ2) is 7.53. The zero-order valence-electron chi connectivity index (χ0n) is 15.8. The Labute approximate surface area is 160 Å². The van der Waals surface area contributed by atoms with E-state index in [-0.39, 0.29) is 10.7 Å². The van der Waals surface area contributed by atoms with Gasteiger partial charge in [-0.1, -0.05) is 6.07 Å². The molecule has 0 aromatic heterocycles. The van der Waals surface area contributed by atoms with Crippen molar-refractivity contribution in [2.24, 2.45) is 5.92 Å². The summed E-state index contributed by atoms with van der Waals surface area (Å²) < 4.78 is 11.9. The van der Waals surface area contributed by atoms with Crippen molar-refractivity contribution in [1.29, 1.82) is 0 Å². The van der Waals surface area contributed by atoms with Crippen molar-refractivity contribution in [3.63, 3.8) is 0 Å². The van der Waals surface area contributed by atoms with Crippen LogP contribution in [0.2, 0.25) is 0 Å². The molecule has 3 fully saturated rings. The Morgan fingerprint density at radius 3 is 2.77 bits per heavy atom. The van der Waals surface area contributed by atoms with E-state index >= 15 is 0 Å². The van der Waals surface area contributed by atoms with Gasteiger partial charge in [-0.2, -0.15) is 0 Å². The molecule has 1 amide bonds. The number of carbonyl (C=O) groups excluding carboxylic acids is 1. The lowest BCUT2D eigenvalue weighted by molar-refractivity contribution is -0.0118. The minimum atomic E-state index is 0.172. The van der Waals surface area contributed by atoms with Gasteiger partial charge in [-0.3, -0.25) is 4.79 Å². The van der Waals surface area contributed by atoms with E-state index in [2.05, 4.69) is 13.8 Å². The Bertz CT molecular complexity index is 665. The van der Waals surface area contributed by atoms with Crippen molar-refractivity contribution >= 4 is 17.7 Å². The Hall–Kier alpha value is -1.04. The first-order valence-electron chi connectivity index (χ1n) is 9.74. The van der Waals surface area contributed by atoms with Crippen molar-refractivity contribution in [3.05, 3.63) is 34.9 Å². The van der Waals surface area contributed by atoms with Crippen molar-refractivity contribution in [3.8, 4) is 0 Å². The molecule has 4 rings (SSSR count). The highest BCUT2D eigenvalue weighted by molar-refractivity contribution is 8.01. The molecule has 142 valence electrons. The van der Waals surface area contributed by atoms with Gasteiger partial charge in [-0.15, -0.1) is 11.8 Å². The predicted octanol–water partition coefficient (Wildman–Crippen LogP) is 3.45. The summed E-state index contributed by atoms with van der Waals surface area (Å²) in [4.78, 5) is 14.7. The highest BCUT2D eigenvalue weighted by Crippen LogP contribution is 2.46. The molecule has 3 saturated heterocycles.